The van der Waals surface area contributed by atoms with Crippen LogP contribution < -0.4 is 5.32 Å². The van der Waals surface area contributed by atoms with Crippen molar-refractivity contribution in [3.8, 4) is 0 Å². The highest BCUT2D eigenvalue weighted by Crippen LogP contribution is 2.42. The Hall–Kier alpha value is -1.37. The molecule has 0 aliphatic heterocycles. The Bertz CT molecular complexity index is 467. The summed E-state index contributed by atoms with van der Waals surface area (Å²) in [5.74, 6) is -1.13. The molecule has 1 aliphatic carbocycles. The summed E-state index contributed by atoms with van der Waals surface area (Å²) >= 11 is 3.32. The van der Waals surface area contributed by atoms with Crippen molar-refractivity contribution >= 4 is 27.8 Å². The average Bonchev–Trinajstić information content (AvgIpc) is 3.02. The van der Waals surface area contributed by atoms with Gasteiger partial charge in [0.1, 0.15) is 6.04 Å². The standard InChI is InChI=1S/C10H12BrN3O3/c1-4(10(16)17)12-9(15)8-6(11)7(13-14-8)5-2-3-5/h4-5H,2-3H2,1H3,(H,12,15)(H,13,14)(H,16,17)/t4-/m0/s1. The number of aromatic nitrogens is 2. The van der Waals surface area contributed by atoms with E-state index in [0.717, 1.165) is 18.5 Å². The first-order chi connectivity index (χ1) is 8.00. The lowest BCUT2D eigenvalue weighted by Gasteiger charge is -2.07. The summed E-state index contributed by atoms with van der Waals surface area (Å²) in [5, 5.41) is 17.8. The number of carbonyl (C=O) groups is 2. The van der Waals surface area contributed by atoms with Crippen molar-refractivity contribution in [2.24, 2.45) is 0 Å². The molecule has 17 heavy (non-hydrogen) atoms. The van der Waals surface area contributed by atoms with E-state index in [1.165, 1.54) is 6.92 Å². The summed E-state index contributed by atoms with van der Waals surface area (Å²) in [6.45, 7) is 1.41. The van der Waals surface area contributed by atoms with Gasteiger partial charge in [0.15, 0.2) is 5.69 Å². The Morgan fingerprint density at radius 2 is 2.24 bits per heavy atom. The lowest BCUT2D eigenvalue weighted by atomic mass is 10.2. The second kappa shape index (κ2) is 4.48. The summed E-state index contributed by atoms with van der Waals surface area (Å²) in [6.07, 6.45) is 2.18. The number of carboxylic acid groups (broad SMARTS) is 1. The van der Waals surface area contributed by atoms with Gasteiger partial charge < -0.3 is 10.4 Å². The Balaban J connectivity index is 2.11. The minimum absolute atomic E-state index is 0.208. The van der Waals surface area contributed by atoms with Gasteiger partial charge in [-0.05, 0) is 35.7 Å². The quantitative estimate of drug-likeness (QED) is 0.780. The molecule has 0 unspecified atom stereocenters. The molecule has 1 aromatic heterocycles. The maximum Gasteiger partial charge on any atom is 0.325 e. The number of halogens is 1. The number of nitrogens with zero attached hydrogens (tertiary/aromatic N) is 1. The molecule has 7 heteroatoms. The van der Waals surface area contributed by atoms with E-state index in [1.807, 2.05) is 0 Å². The van der Waals surface area contributed by atoms with Crippen molar-refractivity contribution < 1.29 is 14.7 Å². The van der Waals surface area contributed by atoms with Crippen LogP contribution in [0.15, 0.2) is 4.47 Å². The maximum absolute atomic E-state index is 11.7. The number of aromatic amines is 1. The normalized spacial score (nSPS) is 16.6. The number of amides is 1. The molecule has 0 saturated heterocycles. The van der Waals surface area contributed by atoms with Gasteiger partial charge in [-0.3, -0.25) is 14.7 Å². The number of carboxylic acids is 1. The van der Waals surface area contributed by atoms with Crippen molar-refractivity contribution in [2.75, 3.05) is 0 Å². The fraction of sp³-hybridized carbons (Fsp3) is 0.500. The number of rotatable bonds is 4. The van der Waals surface area contributed by atoms with Gasteiger partial charge in [0.2, 0.25) is 0 Å². The van der Waals surface area contributed by atoms with Crippen LogP contribution in [0, 0.1) is 0 Å². The third kappa shape index (κ3) is 2.49. The Kier molecular flexibility index (Phi) is 3.19. The lowest BCUT2D eigenvalue weighted by Crippen LogP contribution is -2.38. The topological polar surface area (TPSA) is 95.1 Å². The molecule has 0 aromatic carbocycles. The summed E-state index contributed by atoms with van der Waals surface area (Å²) < 4.78 is 0.634. The van der Waals surface area contributed by atoms with Crippen LogP contribution in [0.3, 0.4) is 0 Å². The first-order valence-electron chi connectivity index (χ1n) is 5.28. The number of carbonyl (C=O) groups excluding carboxylic acids is 1. The minimum atomic E-state index is -1.08. The van der Waals surface area contributed by atoms with Gasteiger partial charge in [-0.15, -0.1) is 0 Å². The van der Waals surface area contributed by atoms with Crippen molar-refractivity contribution in [3.63, 3.8) is 0 Å². The second-order valence-electron chi connectivity index (χ2n) is 4.11. The van der Waals surface area contributed by atoms with Crippen LogP contribution in [-0.2, 0) is 4.79 Å². The number of H-pyrrole nitrogens is 1. The fourth-order valence-corrected chi connectivity index (χ4v) is 2.14. The Morgan fingerprint density at radius 3 is 2.76 bits per heavy atom. The van der Waals surface area contributed by atoms with Crippen LogP contribution in [0.2, 0.25) is 0 Å². The molecule has 0 bridgehead atoms. The van der Waals surface area contributed by atoms with Gasteiger partial charge in [0.25, 0.3) is 5.91 Å². The Morgan fingerprint density at radius 1 is 1.59 bits per heavy atom. The van der Waals surface area contributed by atoms with Crippen LogP contribution >= 0.6 is 15.9 Å². The average molecular weight is 302 g/mol. The first-order valence-corrected chi connectivity index (χ1v) is 6.07. The molecule has 1 amide bonds. The van der Waals surface area contributed by atoms with Crippen molar-refractivity contribution in [2.45, 2.75) is 31.7 Å². The van der Waals surface area contributed by atoms with Crippen LogP contribution in [-0.4, -0.2) is 33.2 Å². The SMILES string of the molecule is C[C@H](NC(=O)c1n[nH]c(C2CC2)c1Br)C(=O)O. The predicted octanol–water partition coefficient (Wildman–Crippen LogP) is 1.25. The zero-order chi connectivity index (χ0) is 12.6. The highest BCUT2D eigenvalue weighted by atomic mass is 79.9. The molecular formula is C10H12BrN3O3. The molecule has 1 atom stereocenters. The summed E-state index contributed by atoms with van der Waals surface area (Å²) in [4.78, 5) is 22.4. The number of hydrogen-bond donors (Lipinski definition) is 3. The zero-order valence-corrected chi connectivity index (χ0v) is 10.7. The van der Waals surface area contributed by atoms with E-state index in [0.29, 0.717) is 10.4 Å². The molecular weight excluding hydrogens is 290 g/mol. The van der Waals surface area contributed by atoms with Gasteiger partial charge in [0.05, 0.1) is 10.2 Å². The molecule has 6 nitrogen and oxygen atoms in total. The van der Waals surface area contributed by atoms with E-state index in [2.05, 4.69) is 31.4 Å². The maximum atomic E-state index is 11.7. The molecule has 1 aromatic rings. The van der Waals surface area contributed by atoms with Crippen molar-refractivity contribution in [1.82, 2.24) is 15.5 Å². The van der Waals surface area contributed by atoms with E-state index < -0.39 is 17.9 Å². The van der Waals surface area contributed by atoms with Crippen LogP contribution in [0.1, 0.15) is 41.9 Å². The van der Waals surface area contributed by atoms with Crippen LogP contribution in [0.5, 0.6) is 0 Å². The highest BCUT2D eigenvalue weighted by molar-refractivity contribution is 9.10. The monoisotopic (exact) mass is 301 g/mol. The van der Waals surface area contributed by atoms with E-state index in [9.17, 15) is 9.59 Å². The first kappa shape index (κ1) is 12.1. The third-order valence-electron chi connectivity index (χ3n) is 2.65. The van der Waals surface area contributed by atoms with Gasteiger partial charge in [-0.1, -0.05) is 0 Å². The lowest BCUT2D eigenvalue weighted by molar-refractivity contribution is -0.138. The molecule has 92 valence electrons. The molecule has 3 N–H and O–H groups in total. The Labute approximate surface area is 106 Å². The molecule has 0 radical (unpaired) electrons. The zero-order valence-electron chi connectivity index (χ0n) is 9.16. The van der Waals surface area contributed by atoms with Crippen molar-refractivity contribution in [1.29, 1.82) is 0 Å². The van der Waals surface area contributed by atoms with Gasteiger partial charge in [0, 0.05) is 5.92 Å². The molecule has 1 saturated carbocycles. The van der Waals surface area contributed by atoms with Gasteiger partial charge in [-0.25, -0.2) is 0 Å². The summed E-state index contributed by atoms with van der Waals surface area (Å²) in [5.41, 5.74) is 1.12. The molecule has 2 rings (SSSR count). The van der Waals surface area contributed by atoms with E-state index in [4.69, 9.17) is 5.11 Å². The number of hydrogen-bond acceptors (Lipinski definition) is 3. The largest absolute Gasteiger partial charge is 0.480 e. The second-order valence-corrected chi connectivity index (χ2v) is 4.90. The minimum Gasteiger partial charge on any atom is -0.480 e. The number of nitrogens with one attached hydrogen (secondary N) is 2. The molecule has 0 spiro atoms. The third-order valence-corrected chi connectivity index (χ3v) is 3.45. The highest BCUT2D eigenvalue weighted by Gasteiger charge is 2.30. The van der Waals surface area contributed by atoms with E-state index >= 15 is 0 Å². The van der Waals surface area contributed by atoms with E-state index in [-0.39, 0.29) is 5.69 Å². The van der Waals surface area contributed by atoms with E-state index in [1.54, 1.807) is 0 Å². The van der Waals surface area contributed by atoms with Crippen molar-refractivity contribution in [3.05, 3.63) is 15.9 Å². The predicted molar refractivity (Wildman–Crippen MR) is 62.8 cm³/mol. The molecule has 1 fully saturated rings. The number of aliphatic carboxylic acids is 1. The fourth-order valence-electron chi connectivity index (χ4n) is 1.46. The van der Waals surface area contributed by atoms with Crippen LogP contribution in [0.25, 0.3) is 0 Å². The van der Waals surface area contributed by atoms with Gasteiger partial charge >= 0.3 is 5.97 Å². The van der Waals surface area contributed by atoms with Gasteiger partial charge in [-0.2, -0.15) is 5.10 Å². The summed E-state index contributed by atoms with van der Waals surface area (Å²) in [7, 11) is 0. The smallest absolute Gasteiger partial charge is 0.325 e. The molecule has 1 heterocycles. The molecule has 1 aliphatic rings. The van der Waals surface area contributed by atoms with Crippen LogP contribution in [0.4, 0.5) is 0 Å². The summed E-state index contributed by atoms with van der Waals surface area (Å²) in [6, 6.07) is -0.935.